The molecule has 1 unspecified atom stereocenters. The summed E-state index contributed by atoms with van der Waals surface area (Å²) in [7, 11) is 1.74. The van der Waals surface area contributed by atoms with E-state index in [0.29, 0.717) is 5.75 Å². The Kier molecular flexibility index (Phi) is 8.22. The highest BCUT2D eigenvalue weighted by Gasteiger charge is 2.27. The molecule has 0 aliphatic carbocycles. The molecule has 1 aliphatic rings. The third-order valence-electron chi connectivity index (χ3n) is 4.31. The summed E-state index contributed by atoms with van der Waals surface area (Å²) in [5.74, 6) is 2.37. The molecule has 0 aromatic heterocycles. The van der Waals surface area contributed by atoms with Crippen LogP contribution >= 0.6 is 11.8 Å². The Balaban J connectivity index is 1.65. The van der Waals surface area contributed by atoms with Gasteiger partial charge in [-0.1, -0.05) is 32.0 Å². The first-order valence-electron chi connectivity index (χ1n) is 9.08. The lowest BCUT2D eigenvalue weighted by molar-refractivity contribution is -0.133. The molecule has 1 aliphatic heterocycles. The fourth-order valence-corrected chi connectivity index (χ4v) is 3.72. The van der Waals surface area contributed by atoms with Crippen LogP contribution in [0.2, 0.25) is 0 Å². The van der Waals surface area contributed by atoms with Crippen LogP contribution in [0.3, 0.4) is 0 Å². The first-order chi connectivity index (χ1) is 12.5. The van der Waals surface area contributed by atoms with Crippen LogP contribution in [0.1, 0.15) is 25.8 Å². The molecule has 1 saturated heterocycles. The minimum Gasteiger partial charge on any atom is -0.356 e. The van der Waals surface area contributed by atoms with Crippen molar-refractivity contribution in [2.45, 2.75) is 32.1 Å². The van der Waals surface area contributed by atoms with Gasteiger partial charge in [-0.25, -0.2) is 4.39 Å². The number of rotatable bonds is 7. The van der Waals surface area contributed by atoms with E-state index in [1.807, 2.05) is 30.9 Å². The number of carbonyl (C=O) groups excluding carboxylic acids is 1. The summed E-state index contributed by atoms with van der Waals surface area (Å²) < 4.78 is 13.6. The van der Waals surface area contributed by atoms with Crippen molar-refractivity contribution in [2.24, 2.45) is 10.9 Å². The Bertz CT molecular complexity index is 623. The van der Waals surface area contributed by atoms with Crippen molar-refractivity contribution in [3.63, 3.8) is 0 Å². The minimum absolute atomic E-state index is 0.0395. The number of hydrogen-bond donors (Lipinski definition) is 2. The molecule has 0 bridgehead atoms. The van der Waals surface area contributed by atoms with E-state index in [9.17, 15) is 9.18 Å². The van der Waals surface area contributed by atoms with Crippen LogP contribution in [-0.4, -0.2) is 55.2 Å². The lowest BCUT2D eigenvalue weighted by Gasteiger charge is -2.20. The van der Waals surface area contributed by atoms with Gasteiger partial charge in [-0.2, -0.15) is 11.8 Å². The summed E-state index contributed by atoms with van der Waals surface area (Å²) in [5.41, 5.74) is 0.737. The number of likely N-dealkylation sites (tertiary alicyclic amines) is 1. The predicted molar refractivity (Wildman–Crippen MR) is 107 cm³/mol. The van der Waals surface area contributed by atoms with Gasteiger partial charge in [0.25, 0.3) is 0 Å². The topological polar surface area (TPSA) is 56.7 Å². The van der Waals surface area contributed by atoms with Crippen LogP contribution < -0.4 is 10.6 Å². The molecule has 0 radical (unpaired) electrons. The van der Waals surface area contributed by atoms with Crippen LogP contribution in [0.4, 0.5) is 4.39 Å². The van der Waals surface area contributed by atoms with E-state index in [2.05, 4.69) is 15.6 Å². The Morgan fingerprint density at radius 3 is 2.88 bits per heavy atom. The summed E-state index contributed by atoms with van der Waals surface area (Å²) in [4.78, 5) is 18.2. The predicted octanol–water partition coefficient (Wildman–Crippen LogP) is 2.48. The van der Waals surface area contributed by atoms with Gasteiger partial charge in [-0.15, -0.1) is 0 Å². The summed E-state index contributed by atoms with van der Waals surface area (Å²) in [5, 5.41) is 6.67. The number of guanidine groups is 1. The van der Waals surface area contributed by atoms with E-state index in [-0.39, 0.29) is 23.7 Å². The van der Waals surface area contributed by atoms with E-state index in [0.717, 1.165) is 43.3 Å². The molecule has 1 heterocycles. The van der Waals surface area contributed by atoms with Gasteiger partial charge in [0.05, 0.1) is 0 Å². The molecule has 144 valence electrons. The van der Waals surface area contributed by atoms with Crippen LogP contribution in [-0.2, 0) is 10.5 Å². The van der Waals surface area contributed by atoms with Crippen molar-refractivity contribution in [3.8, 4) is 0 Å². The number of thioether (sulfide) groups is 1. The molecule has 0 saturated carbocycles. The number of nitrogens with one attached hydrogen (secondary N) is 2. The number of halogens is 1. The Labute approximate surface area is 159 Å². The number of carbonyl (C=O) groups is 1. The average molecular weight is 381 g/mol. The third kappa shape index (κ3) is 6.20. The minimum atomic E-state index is -0.146. The lowest BCUT2D eigenvalue weighted by atomic mass is 10.2. The molecule has 5 nitrogen and oxygen atoms in total. The second-order valence-electron chi connectivity index (χ2n) is 6.71. The standard InChI is InChI=1S/C19H29FN4OS/c1-14(2)18(25)24-10-8-16(12-24)23-19(21-3)22-9-11-26-13-15-6-4-5-7-17(15)20/h4-7,14,16H,8-13H2,1-3H3,(H2,21,22,23). The summed E-state index contributed by atoms with van der Waals surface area (Å²) >= 11 is 1.69. The van der Waals surface area contributed by atoms with Crippen LogP contribution in [0.5, 0.6) is 0 Å². The van der Waals surface area contributed by atoms with Gasteiger partial charge < -0.3 is 15.5 Å². The maximum atomic E-state index is 13.6. The highest BCUT2D eigenvalue weighted by atomic mass is 32.2. The molecule has 2 N–H and O–H groups in total. The van der Waals surface area contributed by atoms with Gasteiger partial charge in [0.2, 0.25) is 5.91 Å². The molecule has 1 atom stereocenters. The van der Waals surface area contributed by atoms with E-state index >= 15 is 0 Å². The molecule has 26 heavy (non-hydrogen) atoms. The Morgan fingerprint density at radius 2 is 2.19 bits per heavy atom. The maximum absolute atomic E-state index is 13.6. The fourth-order valence-electron chi connectivity index (χ4n) is 2.87. The second-order valence-corrected chi connectivity index (χ2v) is 7.82. The molecule has 7 heteroatoms. The van der Waals surface area contributed by atoms with Gasteiger partial charge in [0.1, 0.15) is 5.82 Å². The first kappa shape index (κ1) is 20.6. The molecule has 1 fully saturated rings. The third-order valence-corrected chi connectivity index (χ3v) is 5.32. The van der Waals surface area contributed by atoms with Crippen molar-refractivity contribution in [2.75, 3.05) is 32.4 Å². The van der Waals surface area contributed by atoms with Crippen molar-refractivity contribution >= 4 is 23.6 Å². The van der Waals surface area contributed by atoms with Gasteiger partial charge in [0, 0.05) is 50.1 Å². The monoisotopic (exact) mass is 380 g/mol. The van der Waals surface area contributed by atoms with Crippen molar-refractivity contribution < 1.29 is 9.18 Å². The lowest BCUT2D eigenvalue weighted by Crippen LogP contribution is -2.45. The molecular weight excluding hydrogens is 351 g/mol. The zero-order valence-corrected chi connectivity index (χ0v) is 16.6. The number of benzene rings is 1. The quantitative estimate of drug-likeness (QED) is 0.433. The molecule has 0 spiro atoms. The molecule has 1 aromatic carbocycles. The van der Waals surface area contributed by atoms with E-state index < -0.39 is 0 Å². The summed E-state index contributed by atoms with van der Waals surface area (Å²) in [6, 6.07) is 7.11. The molecule has 1 amide bonds. The SMILES string of the molecule is CN=C(NCCSCc1ccccc1F)NC1CCN(C(=O)C(C)C)C1. The smallest absolute Gasteiger partial charge is 0.225 e. The van der Waals surface area contributed by atoms with E-state index in [4.69, 9.17) is 0 Å². The average Bonchev–Trinajstić information content (AvgIpc) is 3.09. The normalized spacial score (nSPS) is 17.7. The van der Waals surface area contributed by atoms with Crippen LogP contribution in [0.15, 0.2) is 29.3 Å². The van der Waals surface area contributed by atoms with E-state index in [1.54, 1.807) is 24.9 Å². The maximum Gasteiger partial charge on any atom is 0.225 e. The first-order valence-corrected chi connectivity index (χ1v) is 10.2. The number of hydrogen-bond acceptors (Lipinski definition) is 3. The van der Waals surface area contributed by atoms with Crippen LogP contribution in [0.25, 0.3) is 0 Å². The largest absolute Gasteiger partial charge is 0.356 e. The Morgan fingerprint density at radius 1 is 1.42 bits per heavy atom. The second kappa shape index (κ2) is 10.4. The Hall–Kier alpha value is -1.76. The van der Waals surface area contributed by atoms with E-state index in [1.165, 1.54) is 6.07 Å². The van der Waals surface area contributed by atoms with Crippen molar-refractivity contribution in [1.29, 1.82) is 0 Å². The van der Waals surface area contributed by atoms with Crippen molar-refractivity contribution in [1.82, 2.24) is 15.5 Å². The zero-order valence-electron chi connectivity index (χ0n) is 15.8. The highest BCUT2D eigenvalue weighted by molar-refractivity contribution is 7.98. The van der Waals surface area contributed by atoms with Gasteiger partial charge >= 0.3 is 0 Å². The summed E-state index contributed by atoms with van der Waals surface area (Å²) in [6.45, 7) is 6.13. The number of nitrogens with zero attached hydrogens (tertiary/aromatic N) is 2. The molecule has 2 rings (SSSR count). The van der Waals surface area contributed by atoms with Gasteiger partial charge in [-0.3, -0.25) is 9.79 Å². The zero-order chi connectivity index (χ0) is 18.9. The molecule has 1 aromatic rings. The fraction of sp³-hybridized carbons (Fsp3) is 0.579. The molecular formula is C19H29FN4OS. The number of amides is 1. The van der Waals surface area contributed by atoms with Crippen LogP contribution in [0, 0.1) is 11.7 Å². The van der Waals surface area contributed by atoms with Gasteiger partial charge in [-0.05, 0) is 18.1 Å². The highest BCUT2D eigenvalue weighted by Crippen LogP contribution is 2.15. The summed E-state index contributed by atoms with van der Waals surface area (Å²) in [6.07, 6.45) is 0.932. The van der Waals surface area contributed by atoms with Crippen molar-refractivity contribution in [3.05, 3.63) is 35.6 Å². The van der Waals surface area contributed by atoms with Gasteiger partial charge in [0.15, 0.2) is 5.96 Å². The number of aliphatic imine (C=N–C) groups is 1.